The molecule has 0 unspecified atom stereocenters. The van der Waals surface area contributed by atoms with Gasteiger partial charge in [-0.25, -0.2) is 4.99 Å². The first kappa shape index (κ1) is 11.5. The van der Waals surface area contributed by atoms with E-state index >= 15 is 0 Å². The lowest BCUT2D eigenvalue weighted by Crippen LogP contribution is -2.03. The van der Waals surface area contributed by atoms with Crippen LogP contribution in [0.2, 0.25) is 0 Å². The van der Waals surface area contributed by atoms with Crippen molar-refractivity contribution in [3.63, 3.8) is 0 Å². The summed E-state index contributed by atoms with van der Waals surface area (Å²) in [6, 6.07) is 7.69. The van der Waals surface area contributed by atoms with Crippen molar-refractivity contribution in [3.05, 3.63) is 28.7 Å². The van der Waals surface area contributed by atoms with Crippen LogP contribution < -0.4 is 5.73 Å². The van der Waals surface area contributed by atoms with Crippen LogP contribution in [-0.2, 0) is 0 Å². The zero-order valence-electron chi connectivity index (χ0n) is 6.62. The number of aliphatic imine (C=N–C) groups is 1. The molecular formula is C8H10BrClN2. The minimum absolute atomic E-state index is 0. The van der Waals surface area contributed by atoms with Crippen LogP contribution in [0.1, 0.15) is 6.92 Å². The van der Waals surface area contributed by atoms with Crippen LogP contribution in [0.25, 0.3) is 0 Å². The average Bonchev–Trinajstić information content (AvgIpc) is 1.85. The number of benzene rings is 1. The summed E-state index contributed by atoms with van der Waals surface area (Å²) in [5, 5.41) is 0. The summed E-state index contributed by atoms with van der Waals surface area (Å²) in [5.41, 5.74) is 6.28. The Morgan fingerprint density at radius 1 is 1.50 bits per heavy atom. The van der Waals surface area contributed by atoms with Gasteiger partial charge in [-0.05, 0) is 25.1 Å². The second-order valence-corrected chi connectivity index (χ2v) is 3.15. The molecule has 0 saturated heterocycles. The lowest BCUT2D eigenvalue weighted by Gasteiger charge is -1.94. The van der Waals surface area contributed by atoms with E-state index in [2.05, 4.69) is 20.9 Å². The predicted octanol–water partition coefficient (Wildman–Crippen LogP) is 2.88. The standard InChI is InChI=1S/C8H9BrN2.ClH/c1-6(10)11-8-4-2-3-7(9)5-8;/h2-5H,1H3,(H2,10,11);1H. The van der Waals surface area contributed by atoms with Gasteiger partial charge in [-0.2, -0.15) is 0 Å². The molecule has 0 bridgehead atoms. The number of nitrogens with two attached hydrogens (primary N) is 1. The summed E-state index contributed by atoms with van der Waals surface area (Å²) in [6.45, 7) is 1.76. The van der Waals surface area contributed by atoms with E-state index in [4.69, 9.17) is 5.73 Å². The lowest BCUT2D eigenvalue weighted by atomic mass is 10.3. The van der Waals surface area contributed by atoms with Gasteiger partial charge in [0, 0.05) is 4.47 Å². The quantitative estimate of drug-likeness (QED) is 0.603. The summed E-state index contributed by atoms with van der Waals surface area (Å²) < 4.78 is 1.01. The van der Waals surface area contributed by atoms with E-state index in [1.54, 1.807) is 6.92 Å². The third kappa shape index (κ3) is 3.74. The molecule has 0 saturated carbocycles. The minimum atomic E-state index is 0. The number of nitrogens with zero attached hydrogens (tertiary/aromatic N) is 1. The molecule has 0 aliphatic rings. The fourth-order valence-corrected chi connectivity index (χ4v) is 1.14. The van der Waals surface area contributed by atoms with Crippen molar-refractivity contribution in [2.24, 2.45) is 10.7 Å². The molecule has 1 aromatic carbocycles. The first-order valence-corrected chi connectivity index (χ1v) is 4.04. The summed E-state index contributed by atoms with van der Waals surface area (Å²) in [4.78, 5) is 4.08. The molecule has 0 radical (unpaired) electrons. The number of halogens is 2. The summed E-state index contributed by atoms with van der Waals surface area (Å²) in [6.07, 6.45) is 0. The monoisotopic (exact) mass is 248 g/mol. The lowest BCUT2D eigenvalue weighted by molar-refractivity contribution is 1.44. The fourth-order valence-electron chi connectivity index (χ4n) is 0.749. The van der Waals surface area contributed by atoms with Gasteiger partial charge in [-0.1, -0.05) is 22.0 Å². The van der Waals surface area contributed by atoms with Crippen molar-refractivity contribution in [2.75, 3.05) is 0 Å². The number of hydrogen-bond donors (Lipinski definition) is 1. The second-order valence-electron chi connectivity index (χ2n) is 2.23. The number of rotatable bonds is 1. The number of hydrogen-bond acceptors (Lipinski definition) is 1. The highest BCUT2D eigenvalue weighted by atomic mass is 79.9. The molecule has 12 heavy (non-hydrogen) atoms. The third-order valence-electron chi connectivity index (χ3n) is 1.11. The molecule has 2 N–H and O–H groups in total. The van der Waals surface area contributed by atoms with Crippen LogP contribution in [0, 0.1) is 0 Å². The Hall–Kier alpha value is -0.540. The molecule has 2 nitrogen and oxygen atoms in total. The molecule has 0 spiro atoms. The molecule has 0 aliphatic heterocycles. The van der Waals surface area contributed by atoms with Gasteiger partial charge in [0.2, 0.25) is 0 Å². The maximum atomic E-state index is 5.41. The summed E-state index contributed by atoms with van der Waals surface area (Å²) in [5.74, 6) is 0.572. The molecule has 0 heterocycles. The first-order chi connectivity index (χ1) is 5.18. The van der Waals surface area contributed by atoms with Crippen molar-refractivity contribution in [2.45, 2.75) is 6.92 Å². The maximum absolute atomic E-state index is 5.41. The van der Waals surface area contributed by atoms with E-state index in [1.807, 2.05) is 24.3 Å². The molecule has 1 aromatic rings. The van der Waals surface area contributed by atoms with Crippen molar-refractivity contribution in [1.82, 2.24) is 0 Å². The van der Waals surface area contributed by atoms with Crippen molar-refractivity contribution in [3.8, 4) is 0 Å². The zero-order valence-corrected chi connectivity index (χ0v) is 9.02. The third-order valence-corrected chi connectivity index (χ3v) is 1.61. The van der Waals surface area contributed by atoms with Gasteiger partial charge in [0.05, 0.1) is 11.5 Å². The normalized spacial score (nSPS) is 10.7. The molecule has 0 aromatic heterocycles. The average molecular weight is 250 g/mol. The molecule has 1 rings (SSSR count). The van der Waals surface area contributed by atoms with E-state index in [0.29, 0.717) is 5.84 Å². The zero-order chi connectivity index (χ0) is 8.27. The Bertz CT molecular complexity index is 282. The fraction of sp³-hybridized carbons (Fsp3) is 0.125. The first-order valence-electron chi connectivity index (χ1n) is 3.25. The van der Waals surface area contributed by atoms with Crippen LogP contribution in [0.15, 0.2) is 33.7 Å². The summed E-state index contributed by atoms with van der Waals surface area (Å²) >= 11 is 3.34. The predicted molar refractivity (Wildman–Crippen MR) is 58.3 cm³/mol. The van der Waals surface area contributed by atoms with Crippen LogP contribution >= 0.6 is 28.3 Å². The van der Waals surface area contributed by atoms with Gasteiger partial charge in [0.1, 0.15) is 0 Å². The van der Waals surface area contributed by atoms with E-state index < -0.39 is 0 Å². The molecule has 0 amide bonds. The highest BCUT2D eigenvalue weighted by molar-refractivity contribution is 9.10. The molecule has 4 heteroatoms. The molecule has 0 fully saturated rings. The minimum Gasteiger partial charge on any atom is -0.387 e. The van der Waals surface area contributed by atoms with Crippen LogP contribution in [0.5, 0.6) is 0 Å². The molecular weight excluding hydrogens is 239 g/mol. The van der Waals surface area contributed by atoms with Gasteiger partial charge in [0.25, 0.3) is 0 Å². The van der Waals surface area contributed by atoms with Gasteiger partial charge in [-0.3, -0.25) is 0 Å². The van der Waals surface area contributed by atoms with E-state index in [9.17, 15) is 0 Å². The second kappa shape index (κ2) is 5.17. The Kier molecular flexibility index (Phi) is 4.93. The molecule has 66 valence electrons. The van der Waals surface area contributed by atoms with Crippen LogP contribution in [0.3, 0.4) is 0 Å². The smallest absolute Gasteiger partial charge is 0.0964 e. The topological polar surface area (TPSA) is 38.4 Å². The van der Waals surface area contributed by atoms with Crippen molar-refractivity contribution < 1.29 is 0 Å². The van der Waals surface area contributed by atoms with Gasteiger partial charge >= 0.3 is 0 Å². The number of amidine groups is 1. The van der Waals surface area contributed by atoms with Gasteiger partial charge in [0.15, 0.2) is 0 Å². The Balaban J connectivity index is 0.00000121. The van der Waals surface area contributed by atoms with E-state index in [0.717, 1.165) is 10.2 Å². The Morgan fingerprint density at radius 2 is 2.17 bits per heavy atom. The van der Waals surface area contributed by atoms with Crippen LogP contribution in [-0.4, -0.2) is 5.84 Å². The van der Waals surface area contributed by atoms with E-state index in [1.165, 1.54) is 0 Å². The highest BCUT2D eigenvalue weighted by Crippen LogP contribution is 2.17. The Labute approximate surface area is 86.4 Å². The summed E-state index contributed by atoms with van der Waals surface area (Å²) in [7, 11) is 0. The largest absolute Gasteiger partial charge is 0.387 e. The highest BCUT2D eigenvalue weighted by Gasteiger charge is 1.89. The molecule has 0 aliphatic carbocycles. The van der Waals surface area contributed by atoms with Crippen molar-refractivity contribution in [1.29, 1.82) is 0 Å². The van der Waals surface area contributed by atoms with Crippen molar-refractivity contribution >= 4 is 39.9 Å². The SMILES string of the molecule is CC(N)=Nc1cccc(Br)c1.Cl. The maximum Gasteiger partial charge on any atom is 0.0964 e. The Morgan fingerprint density at radius 3 is 2.67 bits per heavy atom. The van der Waals surface area contributed by atoms with E-state index in [-0.39, 0.29) is 12.4 Å². The molecule has 0 atom stereocenters. The van der Waals surface area contributed by atoms with Crippen LogP contribution in [0.4, 0.5) is 5.69 Å². The van der Waals surface area contributed by atoms with Gasteiger partial charge < -0.3 is 5.73 Å². The van der Waals surface area contributed by atoms with Gasteiger partial charge in [-0.15, -0.1) is 12.4 Å².